The predicted molar refractivity (Wildman–Crippen MR) is 166 cm³/mol. The highest BCUT2D eigenvalue weighted by molar-refractivity contribution is 6.09. The van der Waals surface area contributed by atoms with Crippen LogP contribution in [-0.4, -0.2) is 19.5 Å². The molecule has 1 aliphatic carbocycles. The maximum absolute atomic E-state index is 4.86. The summed E-state index contributed by atoms with van der Waals surface area (Å²) in [6.45, 7) is 4.65. The molecule has 0 saturated carbocycles. The first-order valence-electron chi connectivity index (χ1n) is 13.9. The molecule has 4 aromatic heterocycles. The maximum Gasteiger partial charge on any atom is 0.138 e. The van der Waals surface area contributed by atoms with Gasteiger partial charge in [-0.15, -0.1) is 0 Å². The van der Waals surface area contributed by atoms with E-state index in [-0.39, 0.29) is 5.41 Å². The Morgan fingerprint density at radius 1 is 0.585 bits per heavy atom. The lowest BCUT2D eigenvalue weighted by atomic mass is 9.82. The molecule has 4 heterocycles. The van der Waals surface area contributed by atoms with Gasteiger partial charge in [0.2, 0.25) is 0 Å². The molecule has 0 bridgehead atoms. The quantitative estimate of drug-likeness (QED) is 0.229. The van der Waals surface area contributed by atoms with Gasteiger partial charge < -0.3 is 4.57 Å². The second-order valence-electron chi connectivity index (χ2n) is 11.0. The molecule has 8 rings (SSSR count). The summed E-state index contributed by atoms with van der Waals surface area (Å²) in [5.74, 6) is 1.63. The second-order valence-corrected chi connectivity index (χ2v) is 11.0. The molecule has 1 aliphatic rings. The van der Waals surface area contributed by atoms with Crippen LogP contribution < -0.4 is 4.90 Å². The van der Waals surface area contributed by atoms with Crippen molar-refractivity contribution in [3.8, 4) is 16.8 Å². The molecule has 196 valence electrons. The van der Waals surface area contributed by atoms with E-state index in [1.807, 2.05) is 61.1 Å². The van der Waals surface area contributed by atoms with Crippen LogP contribution in [0, 0.1) is 0 Å². The summed E-state index contributed by atoms with van der Waals surface area (Å²) in [4.78, 5) is 16.2. The van der Waals surface area contributed by atoms with Gasteiger partial charge in [0.15, 0.2) is 0 Å². The molecule has 0 atom stereocenters. The van der Waals surface area contributed by atoms with Crippen molar-refractivity contribution in [2.24, 2.45) is 0 Å². The molecular formula is C36H27N5. The van der Waals surface area contributed by atoms with E-state index in [9.17, 15) is 0 Å². The Labute approximate surface area is 238 Å². The van der Waals surface area contributed by atoms with E-state index in [1.54, 1.807) is 0 Å². The van der Waals surface area contributed by atoms with Crippen molar-refractivity contribution in [1.29, 1.82) is 0 Å². The predicted octanol–water partition coefficient (Wildman–Crippen LogP) is 8.74. The summed E-state index contributed by atoms with van der Waals surface area (Å²) >= 11 is 0. The molecule has 41 heavy (non-hydrogen) atoms. The first kappa shape index (κ1) is 23.6. The van der Waals surface area contributed by atoms with Gasteiger partial charge in [-0.1, -0.05) is 50.2 Å². The second kappa shape index (κ2) is 8.86. The summed E-state index contributed by atoms with van der Waals surface area (Å²) in [6, 6.07) is 38.2. The smallest absolute Gasteiger partial charge is 0.138 e. The Morgan fingerprint density at radius 3 is 1.98 bits per heavy atom. The molecular weight excluding hydrogens is 502 g/mol. The maximum atomic E-state index is 4.86. The number of benzene rings is 3. The van der Waals surface area contributed by atoms with Crippen LogP contribution in [0.1, 0.15) is 25.0 Å². The molecule has 0 aliphatic heterocycles. The average Bonchev–Trinajstić information content (AvgIpc) is 3.46. The minimum Gasteiger partial charge on any atom is -0.308 e. The van der Waals surface area contributed by atoms with Crippen LogP contribution in [0.25, 0.3) is 38.8 Å². The highest BCUT2D eigenvalue weighted by Gasteiger charge is 2.36. The number of hydrogen-bond acceptors (Lipinski definition) is 4. The molecule has 7 aromatic rings. The zero-order chi connectivity index (χ0) is 27.6. The van der Waals surface area contributed by atoms with Gasteiger partial charge in [-0.3, -0.25) is 9.88 Å². The summed E-state index contributed by atoms with van der Waals surface area (Å²) in [6.07, 6.45) is 5.51. The van der Waals surface area contributed by atoms with Crippen LogP contribution in [0.2, 0.25) is 0 Å². The minimum absolute atomic E-state index is 0.0641. The van der Waals surface area contributed by atoms with Gasteiger partial charge in [-0.25, -0.2) is 9.97 Å². The van der Waals surface area contributed by atoms with Crippen LogP contribution in [0.3, 0.4) is 0 Å². The lowest BCUT2D eigenvalue weighted by Gasteiger charge is -2.23. The average molecular weight is 530 g/mol. The van der Waals surface area contributed by atoms with Gasteiger partial charge in [-0.05, 0) is 95.1 Å². The van der Waals surface area contributed by atoms with Crippen LogP contribution in [0.15, 0.2) is 128 Å². The Hall–Kier alpha value is -5.29. The number of aromatic nitrogens is 4. The van der Waals surface area contributed by atoms with Crippen molar-refractivity contribution in [2.75, 3.05) is 4.90 Å². The van der Waals surface area contributed by atoms with E-state index in [0.717, 1.165) is 39.6 Å². The van der Waals surface area contributed by atoms with Crippen LogP contribution >= 0.6 is 0 Å². The van der Waals surface area contributed by atoms with E-state index in [2.05, 4.69) is 100 Å². The van der Waals surface area contributed by atoms with Crippen molar-refractivity contribution >= 4 is 39.3 Å². The van der Waals surface area contributed by atoms with Crippen molar-refractivity contribution in [3.63, 3.8) is 0 Å². The van der Waals surface area contributed by atoms with Crippen LogP contribution in [0.5, 0.6) is 0 Å². The molecule has 0 saturated heterocycles. The molecule has 0 amide bonds. The highest BCUT2D eigenvalue weighted by atomic mass is 15.2. The largest absolute Gasteiger partial charge is 0.308 e. The third-order valence-corrected chi connectivity index (χ3v) is 8.35. The molecule has 0 radical (unpaired) electrons. The zero-order valence-electron chi connectivity index (χ0n) is 22.9. The van der Waals surface area contributed by atoms with E-state index >= 15 is 0 Å². The highest BCUT2D eigenvalue weighted by Crippen LogP contribution is 2.50. The standard InChI is InChI=1S/C36H27N5/c1-36(2)29-11-4-3-10-26(29)27-23-32-28(22-30(27)36)35-31(12-9-21-39-35)40(32)24-15-17-25(18-16-24)41(33-13-5-7-19-37-33)34-14-6-8-20-38-34/h3-23H,1-2H3. The fraction of sp³-hybridized carbons (Fsp3) is 0.0833. The Bertz CT molecular complexity index is 2020. The Morgan fingerprint density at radius 2 is 1.27 bits per heavy atom. The molecule has 0 N–H and O–H groups in total. The number of anilines is 3. The minimum atomic E-state index is -0.0641. The monoisotopic (exact) mass is 529 g/mol. The fourth-order valence-electron chi connectivity index (χ4n) is 6.41. The van der Waals surface area contributed by atoms with Gasteiger partial charge in [0.1, 0.15) is 11.6 Å². The number of fused-ring (bicyclic) bond motifs is 6. The van der Waals surface area contributed by atoms with Gasteiger partial charge in [0.25, 0.3) is 0 Å². The first-order valence-corrected chi connectivity index (χ1v) is 13.9. The van der Waals surface area contributed by atoms with Crippen molar-refractivity contribution in [3.05, 3.63) is 139 Å². The summed E-state index contributed by atoms with van der Waals surface area (Å²) in [7, 11) is 0. The molecule has 5 heteroatoms. The molecule has 0 fully saturated rings. The molecule has 5 nitrogen and oxygen atoms in total. The first-order chi connectivity index (χ1) is 20.1. The lowest BCUT2D eigenvalue weighted by molar-refractivity contribution is 0.661. The SMILES string of the molecule is CC1(C)c2ccccc2-c2cc3c(cc21)c1ncccc1n3-c1ccc(N(c2ccccn2)c2ccccn2)cc1. The van der Waals surface area contributed by atoms with Gasteiger partial charge in [-0.2, -0.15) is 0 Å². The fourth-order valence-corrected chi connectivity index (χ4v) is 6.41. The number of rotatable bonds is 4. The van der Waals surface area contributed by atoms with E-state index in [4.69, 9.17) is 4.98 Å². The van der Waals surface area contributed by atoms with Crippen molar-refractivity contribution < 1.29 is 0 Å². The third-order valence-electron chi connectivity index (χ3n) is 8.35. The van der Waals surface area contributed by atoms with Crippen LogP contribution in [-0.2, 0) is 5.41 Å². The topological polar surface area (TPSA) is 46.8 Å². The molecule has 0 spiro atoms. The third kappa shape index (κ3) is 3.52. The van der Waals surface area contributed by atoms with Crippen molar-refractivity contribution in [2.45, 2.75) is 19.3 Å². The van der Waals surface area contributed by atoms with Crippen molar-refractivity contribution in [1.82, 2.24) is 19.5 Å². The molecule has 3 aromatic carbocycles. The summed E-state index contributed by atoms with van der Waals surface area (Å²) < 4.78 is 2.33. The van der Waals surface area contributed by atoms with Gasteiger partial charge in [0, 0.05) is 40.8 Å². The normalized spacial score (nSPS) is 13.3. The van der Waals surface area contributed by atoms with Crippen LogP contribution in [0.4, 0.5) is 17.3 Å². The van der Waals surface area contributed by atoms with E-state index in [1.165, 1.54) is 27.6 Å². The zero-order valence-corrected chi connectivity index (χ0v) is 22.9. The molecule has 0 unspecified atom stereocenters. The number of pyridine rings is 3. The summed E-state index contributed by atoms with van der Waals surface area (Å²) in [5.41, 5.74) is 10.6. The van der Waals surface area contributed by atoms with Gasteiger partial charge in [0.05, 0.1) is 16.6 Å². The van der Waals surface area contributed by atoms with E-state index in [0.29, 0.717) is 0 Å². The lowest BCUT2D eigenvalue weighted by Crippen LogP contribution is -2.14. The van der Waals surface area contributed by atoms with Gasteiger partial charge >= 0.3 is 0 Å². The Balaban J connectivity index is 1.32. The number of hydrogen-bond donors (Lipinski definition) is 0. The van der Waals surface area contributed by atoms with E-state index < -0.39 is 0 Å². The summed E-state index contributed by atoms with van der Waals surface area (Å²) in [5, 5.41) is 1.17. The number of nitrogens with zero attached hydrogens (tertiary/aromatic N) is 5. The Kier molecular flexibility index (Phi) is 5.10.